The highest BCUT2D eigenvalue weighted by Gasteiger charge is 2.31. The van der Waals surface area contributed by atoms with Gasteiger partial charge in [-0.05, 0) is 25.5 Å². The van der Waals surface area contributed by atoms with Crippen molar-refractivity contribution in [3.05, 3.63) is 48.5 Å². The van der Waals surface area contributed by atoms with Crippen LogP contribution in [0, 0.1) is 0 Å². The number of anilines is 3. The molecule has 1 heterocycles. The fourth-order valence-electron chi connectivity index (χ4n) is 2.93. The Bertz CT molecular complexity index is 1070. The van der Waals surface area contributed by atoms with E-state index < -0.39 is 6.36 Å². The largest absolute Gasteiger partial charge is 0.573 e. The predicted molar refractivity (Wildman–Crippen MR) is 120 cm³/mol. The van der Waals surface area contributed by atoms with Crippen LogP contribution < -0.4 is 24.8 Å². The van der Waals surface area contributed by atoms with Crippen molar-refractivity contribution in [3.8, 4) is 28.5 Å². The minimum Gasteiger partial charge on any atom is -0.497 e. The molecular formula is C23H25F3N4O3. The topological polar surface area (TPSA) is 77.5 Å². The van der Waals surface area contributed by atoms with E-state index in [0.29, 0.717) is 40.2 Å². The van der Waals surface area contributed by atoms with Gasteiger partial charge in [-0.2, -0.15) is 4.98 Å². The molecule has 1 atom stereocenters. The predicted octanol–water partition coefficient (Wildman–Crippen LogP) is 6.01. The van der Waals surface area contributed by atoms with Crippen LogP contribution in [0.2, 0.25) is 0 Å². The maximum Gasteiger partial charge on any atom is 0.573 e. The second-order valence-electron chi connectivity index (χ2n) is 7.22. The molecule has 1 aromatic heterocycles. The standard InChI is InChI=1S/C23H25F3N4O3/c1-5-14(2)27-22-29-20(15-7-6-8-17(9-15)33-23(24,25)26)13-21(30-22)28-16-10-18(31-3)12-19(11-16)32-4/h6-14H,5H2,1-4H3,(H2,27,28,29,30)/t14-/m0/s1. The molecule has 0 amide bonds. The normalized spacial score (nSPS) is 12.1. The van der Waals surface area contributed by atoms with Crippen LogP contribution in [-0.4, -0.2) is 36.6 Å². The fraction of sp³-hybridized carbons (Fsp3) is 0.304. The number of hydrogen-bond acceptors (Lipinski definition) is 7. The number of nitrogens with zero attached hydrogens (tertiary/aromatic N) is 2. The van der Waals surface area contributed by atoms with Crippen molar-refractivity contribution in [3.63, 3.8) is 0 Å². The van der Waals surface area contributed by atoms with E-state index >= 15 is 0 Å². The van der Waals surface area contributed by atoms with Gasteiger partial charge in [-0.25, -0.2) is 4.98 Å². The van der Waals surface area contributed by atoms with E-state index in [1.165, 1.54) is 18.2 Å². The second-order valence-corrected chi connectivity index (χ2v) is 7.22. The Morgan fingerprint density at radius 1 is 0.939 bits per heavy atom. The van der Waals surface area contributed by atoms with Crippen molar-refractivity contribution in [2.24, 2.45) is 0 Å². The minimum absolute atomic E-state index is 0.0879. The highest BCUT2D eigenvalue weighted by molar-refractivity contribution is 5.69. The Morgan fingerprint density at radius 3 is 2.24 bits per heavy atom. The Morgan fingerprint density at radius 2 is 1.64 bits per heavy atom. The zero-order chi connectivity index (χ0) is 24.0. The lowest BCUT2D eigenvalue weighted by Crippen LogP contribution is -2.17. The number of aromatic nitrogens is 2. The van der Waals surface area contributed by atoms with Gasteiger partial charge in [0.1, 0.15) is 23.1 Å². The summed E-state index contributed by atoms with van der Waals surface area (Å²) in [5.41, 5.74) is 1.51. The molecule has 0 radical (unpaired) electrons. The molecule has 0 unspecified atom stereocenters. The third kappa shape index (κ3) is 6.90. The molecule has 2 aromatic carbocycles. The molecule has 2 N–H and O–H groups in total. The molecule has 0 saturated heterocycles. The van der Waals surface area contributed by atoms with Gasteiger partial charge in [-0.3, -0.25) is 0 Å². The molecule has 33 heavy (non-hydrogen) atoms. The van der Waals surface area contributed by atoms with Crippen LogP contribution in [0.25, 0.3) is 11.3 Å². The van der Waals surface area contributed by atoms with Gasteiger partial charge >= 0.3 is 6.36 Å². The third-order valence-electron chi connectivity index (χ3n) is 4.70. The van der Waals surface area contributed by atoms with Gasteiger partial charge in [0.2, 0.25) is 5.95 Å². The summed E-state index contributed by atoms with van der Waals surface area (Å²) in [5, 5.41) is 6.39. The first-order valence-corrected chi connectivity index (χ1v) is 10.2. The number of hydrogen-bond donors (Lipinski definition) is 2. The van der Waals surface area contributed by atoms with Gasteiger partial charge < -0.3 is 24.8 Å². The number of methoxy groups -OCH3 is 2. The Hall–Kier alpha value is -3.69. The number of ether oxygens (including phenoxy) is 3. The van der Waals surface area contributed by atoms with Gasteiger partial charge in [-0.15, -0.1) is 13.2 Å². The van der Waals surface area contributed by atoms with Gasteiger partial charge in [0.05, 0.1) is 19.9 Å². The molecule has 0 fully saturated rings. The summed E-state index contributed by atoms with van der Waals surface area (Å²) < 4.78 is 52.6. The molecule has 0 aliphatic heterocycles. The maximum atomic E-state index is 12.7. The van der Waals surface area contributed by atoms with Gasteiger partial charge in [0, 0.05) is 41.6 Å². The van der Waals surface area contributed by atoms with E-state index in [4.69, 9.17) is 9.47 Å². The van der Waals surface area contributed by atoms with Crippen LogP contribution in [0.5, 0.6) is 17.2 Å². The summed E-state index contributed by atoms with van der Waals surface area (Å²) in [6, 6.07) is 12.6. The van der Waals surface area contributed by atoms with Crippen LogP contribution >= 0.6 is 0 Å². The number of halogens is 3. The number of rotatable bonds is 9. The highest BCUT2D eigenvalue weighted by Crippen LogP contribution is 2.31. The van der Waals surface area contributed by atoms with Crippen LogP contribution in [0.1, 0.15) is 20.3 Å². The van der Waals surface area contributed by atoms with E-state index in [0.717, 1.165) is 6.42 Å². The summed E-state index contributed by atoms with van der Waals surface area (Å²) in [6.07, 6.45) is -3.95. The van der Waals surface area contributed by atoms with Crippen molar-refractivity contribution >= 4 is 17.5 Å². The average Bonchev–Trinajstić information content (AvgIpc) is 2.77. The monoisotopic (exact) mass is 462 g/mol. The van der Waals surface area contributed by atoms with Crippen molar-refractivity contribution in [1.82, 2.24) is 9.97 Å². The molecule has 10 heteroatoms. The van der Waals surface area contributed by atoms with E-state index in [2.05, 4.69) is 25.3 Å². The minimum atomic E-state index is -4.79. The smallest absolute Gasteiger partial charge is 0.497 e. The molecule has 3 aromatic rings. The van der Waals surface area contributed by atoms with E-state index in [1.54, 1.807) is 44.6 Å². The lowest BCUT2D eigenvalue weighted by molar-refractivity contribution is -0.274. The molecule has 0 saturated carbocycles. The van der Waals surface area contributed by atoms with E-state index in [9.17, 15) is 13.2 Å². The molecule has 0 spiro atoms. The van der Waals surface area contributed by atoms with Crippen molar-refractivity contribution < 1.29 is 27.4 Å². The zero-order valence-corrected chi connectivity index (χ0v) is 18.7. The fourth-order valence-corrected chi connectivity index (χ4v) is 2.93. The zero-order valence-electron chi connectivity index (χ0n) is 18.7. The second kappa shape index (κ2) is 10.3. The van der Waals surface area contributed by atoms with Gasteiger partial charge in [0.15, 0.2) is 0 Å². The van der Waals surface area contributed by atoms with Gasteiger partial charge in [-0.1, -0.05) is 19.1 Å². The summed E-state index contributed by atoms with van der Waals surface area (Å²) in [4.78, 5) is 9.00. The highest BCUT2D eigenvalue weighted by atomic mass is 19.4. The van der Waals surface area contributed by atoms with Crippen LogP contribution in [0.4, 0.5) is 30.6 Å². The molecule has 0 aliphatic carbocycles. The van der Waals surface area contributed by atoms with Gasteiger partial charge in [0.25, 0.3) is 0 Å². The van der Waals surface area contributed by atoms with Crippen molar-refractivity contribution in [2.45, 2.75) is 32.7 Å². The molecule has 0 aliphatic rings. The van der Waals surface area contributed by atoms with E-state index in [1.807, 2.05) is 13.8 Å². The number of alkyl halides is 3. The molecule has 7 nitrogen and oxygen atoms in total. The maximum absolute atomic E-state index is 12.7. The quantitative estimate of drug-likeness (QED) is 0.403. The first-order chi connectivity index (χ1) is 15.7. The van der Waals surface area contributed by atoms with Crippen LogP contribution in [-0.2, 0) is 0 Å². The summed E-state index contributed by atoms with van der Waals surface area (Å²) in [5.74, 6) is 1.61. The van der Waals surface area contributed by atoms with Crippen molar-refractivity contribution in [1.29, 1.82) is 0 Å². The lowest BCUT2D eigenvalue weighted by atomic mass is 10.1. The van der Waals surface area contributed by atoms with Crippen LogP contribution in [0.3, 0.4) is 0 Å². The Balaban J connectivity index is 2.01. The number of nitrogens with one attached hydrogen (secondary N) is 2. The van der Waals surface area contributed by atoms with E-state index in [-0.39, 0.29) is 11.8 Å². The Kier molecular flexibility index (Phi) is 7.47. The van der Waals surface area contributed by atoms with Crippen molar-refractivity contribution in [2.75, 3.05) is 24.9 Å². The molecule has 3 rings (SSSR count). The SMILES string of the molecule is CC[C@H](C)Nc1nc(Nc2cc(OC)cc(OC)c2)cc(-c2cccc(OC(F)(F)F)c2)n1. The molecular weight excluding hydrogens is 437 g/mol. The van der Waals surface area contributed by atoms with Crippen LogP contribution in [0.15, 0.2) is 48.5 Å². The molecule has 176 valence electrons. The average molecular weight is 462 g/mol. The number of benzene rings is 2. The summed E-state index contributed by atoms with van der Waals surface area (Å²) in [7, 11) is 3.09. The molecule has 0 bridgehead atoms. The first kappa shape index (κ1) is 24.0. The Labute approximate surface area is 189 Å². The lowest BCUT2D eigenvalue weighted by Gasteiger charge is -2.16. The first-order valence-electron chi connectivity index (χ1n) is 10.2. The summed E-state index contributed by atoms with van der Waals surface area (Å²) in [6.45, 7) is 4.00. The summed E-state index contributed by atoms with van der Waals surface area (Å²) >= 11 is 0. The third-order valence-corrected chi connectivity index (χ3v) is 4.70.